The van der Waals surface area contributed by atoms with Crippen LogP contribution in [-0.2, 0) is 11.0 Å². The molecule has 0 aliphatic heterocycles. The Morgan fingerprint density at radius 2 is 2.06 bits per heavy atom. The van der Waals surface area contributed by atoms with Crippen LogP contribution >= 0.6 is 0 Å². The Bertz CT molecular complexity index is 448. The van der Waals surface area contributed by atoms with E-state index >= 15 is 0 Å². The number of hydrogen-bond donors (Lipinski definition) is 4. The second-order valence-corrected chi connectivity index (χ2v) is 3.60. The zero-order valence-corrected chi connectivity index (χ0v) is 9.16. The van der Waals surface area contributed by atoms with Crippen molar-refractivity contribution in [3.05, 3.63) is 23.8 Å². The molecule has 1 aromatic carbocycles. The lowest BCUT2D eigenvalue weighted by Gasteiger charge is -2.13. The number of benzene rings is 1. The van der Waals surface area contributed by atoms with Gasteiger partial charge in [0.15, 0.2) is 0 Å². The Hall–Kier alpha value is -1.96. The summed E-state index contributed by atoms with van der Waals surface area (Å²) in [7, 11) is 0. The maximum Gasteiger partial charge on any atom is 0.416 e. The van der Waals surface area contributed by atoms with Gasteiger partial charge in [-0.15, -0.1) is 0 Å². The van der Waals surface area contributed by atoms with Crippen LogP contribution in [0.2, 0.25) is 0 Å². The van der Waals surface area contributed by atoms with Crippen molar-refractivity contribution in [1.82, 2.24) is 0 Å². The molecule has 0 aliphatic carbocycles. The minimum atomic E-state index is -4.47. The Morgan fingerprint density at radius 3 is 2.50 bits per heavy atom. The van der Waals surface area contributed by atoms with Crippen LogP contribution in [0, 0.1) is 0 Å². The number of aliphatic hydroxyl groups is 1. The molecule has 0 fully saturated rings. The van der Waals surface area contributed by atoms with Crippen molar-refractivity contribution in [2.45, 2.75) is 12.3 Å². The Balaban J connectivity index is 2.78. The van der Waals surface area contributed by atoms with Crippen molar-refractivity contribution in [1.29, 1.82) is 0 Å². The molecule has 0 spiro atoms. The van der Waals surface area contributed by atoms with E-state index in [1.54, 1.807) is 0 Å². The first-order valence-electron chi connectivity index (χ1n) is 4.90. The summed E-state index contributed by atoms with van der Waals surface area (Å²) in [5, 5.41) is 11.6. The van der Waals surface area contributed by atoms with Gasteiger partial charge in [0.2, 0.25) is 5.91 Å². The highest BCUT2D eigenvalue weighted by molar-refractivity contribution is 5.79. The summed E-state index contributed by atoms with van der Waals surface area (Å²) < 4.78 is 37.0. The summed E-state index contributed by atoms with van der Waals surface area (Å²) in [6, 6.07) is 2.72. The van der Waals surface area contributed by atoms with Crippen LogP contribution < -0.4 is 16.8 Å². The standard InChI is InChI=1S/C10H12F3N3O2/c11-10(12,13)5-1-2-7(6(14)3-5)16-4-8(17)9(15)18/h1-3,8,16-17H,4,14H2,(H2,15,18). The van der Waals surface area contributed by atoms with Gasteiger partial charge in [0.05, 0.1) is 16.9 Å². The maximum absolute atomic E-state index is 12.3. The van der Waals surface area contributed by atoms with Gasteiger partial charge in [-0.2, -0.15) is 13.2 Å². The fourth-order valence-electron chi connectivity index (χ4n) is 1.21. The second kappa shape index (κ2) is 5.13. The van der Waals surface area contributed by atoms with Crippen molar-refractivity contribution < 1.29 is 23.1 Å². The van der Waals surface area contributed by atoms with E-state index in [0.717, 1.165) is 18.2 Å². The van der Waals surface area contributed by atoms with Crippen molar-refractivity contribution in [3.63, 3.8) is 0 Å². The lowest BCUT2D eigenvalue weighted by molar-refractivity contribution is -0.137. The third-order valence-electron chi connectivity index (χ3n) is 2.19. The highest BCUT2D eigenvalue weighted by Gasteiger charge is 2.30. The number of amides is 1. The smallest absolute Gasteiger partial charge is 0.397 e. The Kier molecular flexibility index (Phi) is 4.02. The summed E-state index contributed by atoms with van der Waals surface area (Å²) in [6.45, 7) is -0.231. The molecule has 0 bridgehead atoms. The molecule has 5 nitrogen and oxygen atoms in total. The molecule has 6 N–H and O–H groups in total. The van der Waals surface area contributed by atoms with Gasteiger partial charge in [-0.1, -0.05) is 0 Å². The van der Waals surface area contributed by atoms with Crippen LogP contribution in [0.15, 0.2) is 18.2 Å². The van der Waals surface area contributed by atoms with Gasteiger partial charge in [-0.05, 0) is 18.2 Å². The minimum Gasteiger partial charge on any atom is -0.397 e. The topological polar surface area (TPSA) is 101 Å². The molecule has 1 aromatic rings. The summed E-state index contributed by atoms with van der Waals surface area (Å²) in [5.74, 6) is -0.937. The third-order valence-corrected chi connectivity index (χ3v) is 2.19. The number of hydrogen-bond acceptors (Lipinski definition) is 4. The van der Waals surface area contributed by atoms with E-state index in [2.05, 4.69) is 5.32 Å². The van der Waals surface area contributed by atoms with Crippen molar-refractivity contribution in [2.24, 2.45) is 5.73 Å². The number of nitrogen functional groups attached to an aromatic ring is 1. The molecule has 1 amide bonds. The van der Waals surface area contributed by atoms with Crippen molar-refractivity contribution in [2.75, 3.05) is 17.6 Å². The first kappa shape index (κ1) is 14.1. The number of anilines is 2. The van der Waals surface area contributed by atoms with Gasteiger partial charge in [-0.25, -0.2) is 0 Å². The van der Waals surface area contributed by atoms with Crippen LogP contribution in [0.25, 0.3) is 0 Å². The number of aliphatic hydroxyl groups excluding tert-OH is 1. The van der Waals surface area contributed by atoms with Gasteiger partial charge >= 0.3 is 6.18 Å². The average Bonchev–Trinajstić information content (AvgIpc) is 2.25. The monoisotopic (exact) mass is 263 g/mol. The van der Waals surface area contributed by atoms with Gasteiger partial charge in [0.25, 0.3) is 0 Å². The highest BCUT2D eigenvalue weighted by atomic mass is 19.4. The Morgan fingerprint density at radius 1 is 1.44 bits per heavy atom. The number of alkyl halides is 3. The normalized spacial score (nSPS) is 13.1. The molecule has 0 aliphatic rings. The molecule has 1 unspecified atom stereocenters. The SMILES string of the molecule is NC(=O)C(O)CNc1ccc(C(F)(F)F)cc1N. The van der Waals surface area contributed by atoms with Crippen LogP contribution in [0.1, 0.15) is 5.56 Å². The highest BCUT2D eigenvalue weighted by Crippen LogP contribution is 2.32. The van der Waals surface area contributed by atoms with E-state index in [1.165, 1.54) is 0 Å². The predicted octanol–water partition coefficient (Wildman–Crippen LogP) is 0.546. The van der Waals surface area contributed by atoms with E-state index in [-0.39, 0.29) is 17.9 Å². The molecule has 18 heavy (non-hydrogen) atoms. The number of nitrogens with two attached hydrogens (primary N) is 2. The summed E-state index contributed by atoms with van der Waals surface area (Å²) in [5.41, 5.74) is 9.40. The first-order valence-corrected chi connectivity index (χ1v) is 4.90. The van der Waals surface area contributed by atoms with E-state index in [0.29, 0.717) is 0 Å². The zero-order chi connectivity index (χ0) is 13.9. The van der Waals surface area contributed by atoms with Crippen LogP contribution in [0.5, 0.6) is 0 Å². The van der Waals surface area contributed by atoms with E-state index < -0.39 is 23.8 Å². The van der Waals surface area contributed by atoms with Crippen LogP contribution in [-0.4, -0.2) is 23.7 Å². The van der Waals surface area contributed by atoms with Gasteiger partial charge in [0.1, 0.15) is 6.10 Å². The number of carbonyl (C=O) groups excluding carboxylic acids is 1. The van der Waals surface area contributed by atoms with Crippen molar-refractivity contribution >= 4 is 17.3 Å². The van der Waals surface area contributed by atoms with E-state index in [9.17, 15) is 18.0 Å². The molecular formula is C10H12F3N3O2. The molecule has 0 saturated carbocycles. The summed E-state index contributed by atoms with van der Waals surface area (Å²) in [4.78, 5) is 10.5. The van der Waals surface area contributed by atoms with E-state index in [1.807, 2.05) is 0 Å². The predicted molar refractivity (Wildman–Crippen MR) is 59.5 cm³/mol. The second-order valence-electron chi connectivity index (χ2n) is 3.60. The molecular weight excluding hydrogens is 251 g/mol. The quantitative estimate of drug-likeness (QED) is 0.596. The molecule has 0 heterocycles. The Labute approximate surface area is 101 Å². The molecule has 0 radical (unpaired) electrons. The lowest BCUT2D eigenvalue weighted by Crippen LogP contribution is -2.34. The molecule has 8 heteroatoms. The number of rotatable bonds is 4. The largest absolute Gasteiger partial charge is 0.416 e. The number of nitrogens with one attached hydrogen (secondary N) is 1. The summed E-state index contributed by atoms with van der Waals surface area (Å²) in [6.07, 6.45) is -5.91. The zero-order valence-electron chi connectivity index (χ0n) is 9.16. The summed E-state index contributed by atoms with van der Waals surface area (Å²) >= 11 is 0. The molecule has 0 aromatic heterocycles. The number of halogens is 3. The number of carbonyl (C=O) groups is 1. The van der Waals surface area contributed by atoms with Gasteiger partial charge < -0.3 is 21.9 Å². The molecule has 0 saturated heterocycles. The number of primary amides is 1. The van der Waals surface area contributed by atoms with Crippen LogP contribution in [0.4, 0.5) is 24.5 Å². The van der Waals surface area contributed by atoms with E-state index in [4.69, 9.17) is 16.6 Å². The fourth-order valence-corrected chi connectivity index (χ4v) is 1.21. The molecule has 1 atom stereocenters. The minimum absolute atomic E-state index is 0.138. The molecule has 100 valence electrons. The third kappa shape index (κ3) is 3.52. The fraction of sp³-hybridized carbons (Fsp3) is 0.300. The van der Waals surface area contributed by atoms with Gasteiger partial charge in [-0.3, -0.25) is 4.79 Å². The van der Waals surface area contributed by atoms with Gasteiger partial charge in [0, 0.05) is 6.54 Å². The maximum atomic E-state index is 12.3. The first-order chi connectivity index (χ1) is 8.21. The van der Waals surface area contributed by atoms with Crippen molar-refractivity contribution in [3.8, 4) is 0 Å². The van der Waals surface area contributed by atoms with Crippen LogP contribution in [0.3, 0.4) is 0 Å². The lowest BCUT2D eigenvalue weighted by atomic mass is 10.1. The molecule has 1 rings (SSSR count). The average molecular weight is 263 g/mol.